The molecule has 0 aromatic carbocycles. The molecule has 2 bridgehead atoms. The Morgan fingerprint density at radius 2 is 1.91 bits per heavy atom. The molecule has 2 nitrogen and oxygen atoms in total. The highest BCUT2D eigenvalue weighted by Gasteiger charge is 2.35. The highest BCUT2D eigenvalue weighted by Crippen LogP contribution is 2.35. The minimum atomic E-state index is 0. The lowest BCUT2D eigenvalue weighted by molar-refractivity contribution is -0.889. The fraction of sp³-hybridized carbons (Fsp3) is 0.750. The van der Waals surface area contributed by atoms with E-state index >= 15 is 0 Å². The van der Waals surface area contributed by atoms with Gasteiger partial charge in [-0.3, -0.25) is 0 Å². The van der Waals surface area contributed by atoms with E-state index in [1.807, 2.05) is 0 Å². The number of hydrogen-bond acceptors (Lipinski definition) is 1. The maximum Gasteiger partial charge on any atom is 0.100 e. The lowest BCUT2D eigenvalue weighted by Crippen LogP contribution is -2.54. The van der Waals surface area contributed by atoms with Crippen LogP contribution in [0.1, 0.15) is 12.8 Å². The quantitative estimate of drug-likeness (QED) is 0.218. The molecular weight excluding hydrogens is 137 g/mol. The molecular formula is C8H13BNO. The fourth-order valence-electron chi connectivity index (χ4n) is 2.10. The van der Waals surface area contributed by atoms with Crippen molar-refractivity contribution in [3.8, 4) is 0 Å². The van der Waals surface area contributed by atoms with E-state index in [2.05, 4.69) is 6.58 Å². The first-order chi connectivity index (χ1) is 4.70. The minimum absolute atomic E-state index is 0. The van der Waals surface area contributed by atoms with Crippen LogP contribution in [-0.4, -0.2) is 32.7 Å². The van der Waals surface area contributed by atoms with Crippen molar-refractivity contribution in [2.45, 2.75) is 12.8 Å². The maximum absolute atomic E-state index is 11.6. The molecule has 0 spiro atoms. The van der Waals surface area contributed by atoms with Crippen molar-refractivity contribution in [3.05, 3.63) is 17.4 Å². The highest BCUT2D eigenvalue weighted by molar-refractivity contribution is 5.75. The molecule has 3 aliphatic rings. The van der Waals surface area contributed by atoms with Gasteiger partial charge >= 0.3 is 0 Å². The van der Waals surface area contributed by atoms with Crippen molar-refractivity contribution in [1.82, 2.24) is 0 Å². The zero-order chi connectivity index (χ0) is 7.19. The lowest BCUT2D eigenvalue weighted by Gasteiger charge is -2.53. The zero-order valence-corrected chi connectivity index (χ0v) is 6.75. The third kappa shape index (κ3) is 1.35. The highest BCUT2D eigenvalue weighted by atomic mass is 16.5. The number of fused-ring (bicyclic) bond motifs is 3. The Balaban J connectivity index is 0.000000605. The third-order valence-corrected chi connectivity index (χ3v) is 2.84. The summed E-state index contributed by atoms with van der Waals surface area (Å²) in [5.41, 5.74) is 1.20. The number of piperidine rings is 3. The van der Waals surface area contributed by atoms with Crippen molar-refractivity contribution >= 4 is 8.41 Å². The van der Waals surface area contributed by atoms with Crippen LogP contribution in [0.15, 0.2) is 12.2 Å². The average Bonchev–Trinajstić information content (AvgIpc) is 1.87. The van der Waals surface area contributed by atoms with E-state index in [1.165, 1.54) is 5.57 Å². The van der Waals surface area contributed by atoms with Gasteiger partial charge < -0.3 is 9.85 Å². The Hall–Kier alpha value is -0.275. The van der Waals surface area contributed by atoms with Crippen LogP contribution in [0, 0.1) is 11.1 Å². The molecule has 0 aromatic heterocycles. The summed E-state index contributed by atoms with van der Waals surface area (Å²) < 4.78 is 0.0231. The van der Waals surface area contributed by atoms with E-state index in [0.717, 1.165) is 25.9 Å². The van der Waals surface area contributed by atoms with Crippen LogP contribution in [0.2, 0.25) is 0 Å². The van der Waals surface area contributed by atoms with E-state index in [-0.39, 0.29) is 13.1 Å². The molecule has 0 unspecified atom stereocenters. The normalized spacial score (nSPS) is 41.9. The van der Waals surface area contributed by atoms with Crippen LogP contribution >= 0.6 is 0 Å². The molecule has 3 radical (unpaired) electrons. The van der Waals surface area contributed by atoms with E-state index in [9.17, 15) is 5.21 Å². The van der Waals surface area contributed by atoms with Crippen LogP contribution in [0.3, 0.4) is 0 Å². The van der Waals surface area contributed by atoms with Crippen LogP contribution in [0.25, 0.3) is 0 Å². The first kappa shape index (κ1) is 8.82. The molecule has 0 aliphatic carbocycles. The second-order valence-corrected chi connectivity index (χ2v) is 3.60. The molecule has 3 heterocycles. The zero-order valence-electron chi connectivity index (χ0n) is 6.75. The SMILES string of the molecule is C=C1C[N+]2([O-])CCC1CC2.[B]. The molecule has 0 saturated carbocycles. The number of rotatable bonds is 0. The second kappa shape index (κ2) is 2.65. The van der Waals surface area contributed by atoms with E-state index in [0.29, 0.717) is 12.5 Å². The van der Waals surface area contributed by atoms with Gasteiger partial charge in [0.05, 0.1) is 13.1 Å². The minimum Gasteiger partial charge on any atom is -0.633 e. The van der Waals surface area contributed by atoms with E-state index < -0.39 is 0 Å². The lowest BCUT2D eigenvalue weighted by atomic mass is 9.84. The van der Waals surface area contributed by atoms with Gasteiger partial charge in [-0.25, -0.2) is 0 Å². The summed E-state index contributed by atoms with van der Waals surface area (Å²) in [6, 6.07) is 0. The van der Waals surface area contributed by atoms with Gasteiger partial charge in [-0.1, -0.05) is 6.58 Å². The van der Waals surface area contributed by atoms with Crippen molar-refractivity contribution in [2.75, 3.05) is 19.6 Å². The predicted molar refractivity (Wildman–Crippen MR) is 45.8 cm³/mol. The maximum atomic E-state index is 11.6. The van der Waals surface area contributed by atoms with Crippen molar-refractivity contribution in [3.63, 3.8) is 0 Å². The second-order valence-electron chi connectivity index (χ2n) is 3.60. The van der Waals surface area contributed by atoms with Gasteiger partial charge in [-0.2, -0.15) is 0 Å². The molecule has 3 heteroatoms. The number of quaternary nitrogens is 1. The van der Waals surface area contributed by atoms with Gasteiger partial charge in [0.25, 0.3) is 0 Å². The molecule has 3 aliphatic heterocycles. The molecule has 59 valence electrons. The van der Waals surface area contributed by atoms with Gasteiger partial charge in [0.2, 0.25) is 0 Å². The van der Waals surface area contributed by atoms with Crippen molar-refractivity contribution in [2.24, 2.45) is 5.92 Å². The average molecular weight is 150 g/mol. The predicted octanol–water partition coefficient (Wildman–Crippen LogP) is 0.900. The Bertz CT molecular complexity index is 173. The molecule has 3 rings (SSSR count). The first-order valence-corrected chi connectivity index (χ1v) is 3.94. The summed E-state index contributed by atoms with van der Waals surface area (Å²) in [4.78, 5) is 0. The number of hydrogen-bond donors (Lipinski definition) is 0. The van der Waals surface area contributed by atoms with Crippen LogP contribution in [0.4, 0.5) is 0 Å². The Labute approximate surface area is 69.6 Å². The molecule has 3 fully saturated rings. The summed E-state index contributed by atoms with van der Waals surface area (Å²) in [7, 11) is 0. The largest absolute Gasteiger partial charge is 0.633 e. The van der Waals surface area contributed by atoms with Gasteiger partial charge in [0.15, 0.2) is 0 Å². The topological polar surface area (TPSA) is 23.1 Å². The van der Waals surface area contributed by atoms with Gasteiger partial charge in [-0.15, -0.1) is 0 Å². The Kier molecular flexibility index (Phi) is 2.12. The van der Waals surface area contributed by atoms with E-state index in [4.69, 9.17) is 0 Å². The molecule has 11 heavy (non-hydrogen) atoms. The van der Waals surface area contributed by atoms with Crippen molar-refractivity contribution in [1.29, 1.82) is 0 Å². The molecule has 3 saturated heterocycles. The van der Waals surface area contributed by atoms with Crippen LogP contribution in [-0.2, 0) is 0 Å². The Morgan fingerprint density at radius 3 is 2.18 bits per heavy atom. The number of hydroxylamine groups is 3. The third-order valence-electron chi connectivity index (χ3n) is 2.84. The fourth-order valence-corrected chi connectivity index (χ4v) is 2.10. The number of nitrogens with zero attached hydrogens (tertiary/aromatic N) is 1. The standard InChI is InChI=1S/C8H13NO.B/c1-7-6-9(10)4-2-8(7)3-5-9;/h8H,1-6H2;. The van der Waals surface area contributed by atoms with Gasteiger partial charge in [0, 0.05) is 21.3 Å². The van der Waals surface area contributed by atoms with Crippen molar-refractivity contribution < 1.29 is 4.65 Å². The summed E-state index contributed by atoms with van der Waals surface area (Å²) in [6.45, 7) is 6.30. The van der Waals surface area contributed by atoms with Gasteiger partial charge in [-0.05, 0) is 11.5 Å². The molecule has 0 atom stereocenters. The monoisotopic (exact) mass is 150 g/mol. The van der Waals surface area contributed by atoms with Gasteiger partial charge in [0.1, 0.15) is 6.54 Å². The smallest absolute Gasteiger partial charge is 0.100 e. The van der Waals surface area contributed by atoms with E-state index in [1.54, 1.807) is 0 Å². The summed E-state index contributed by atoms with van der Waals surface area (Å²) in [5, 5.41) is 11.6. The summed E-state index contributed by atoms with van der Waals surface area (Å²) in [6.07, 6.45) is 2.17. The van der Waals surface area contributed by atoms with Crippen LogP contribution in [0.5, 0.6) is 0 Å². The Morgan fingerprint density at radius 1 is 1.36 bits per heavy atom. The molecule has 0 amide bonds. The first-order valence-electron chi connectivity index (χ1n) is 3.94. The van der Waals surface area contributed by atoms with Crippen LogP contribution < -0.4 is 0 Å². The molecule has 0 N–H and O–H groups in total. The summed E-state index contributed by atoms with van der Waals surface area (Å²) in [5.74, 6) is 0.689. The summed E-state index contributed by atoms with van der Waals surface area (Å²) >= 11 is 0. The molecule has 0 aromatic rings.